The van der Waals surface area contributed by atoms with Crippen molar-refractivity contribution in [1.82, 2.24) is 20.5 Å². The van der Waals surface area contributed by atoms with Gasteiger partial charge in [-0.2, -0.15) is 0 Å². The first-order chi connectivity index (χ1) is 21.7. The second kappa shape index (κ2) is 14.5. The van der Waals surface area contributed by atoms with Gasteiger partial charge in [0.15, 0.2) is 0 Å². The van der Waals surface area contributed by atoms with Crippen molar-refractivity contribution in [3.63, 3.8) is 0 Å². The molecular formula is C32H37FN6O5S. The Morgan fingerprint density at radius 3 is 2.53 bits per heavy atom. The Hall–Kier alpha value is -4.52. The number of likely N-dealkylation sites (tertiary alicyclic amines) is 1. The second-order valence-corrected chi connectivity index (χ2v) is 12.3. The van der Waals surface area contributed by atoms with Gasteiger partial charge >= 0.3 is 6.03 Å². The van der Waals surface area contributed by atoms with Gasteiger partial charge in [0.25, 0.3) is 5.91 Å². The van der Waals surface area contributed by atoms with E-state index < -0.39 is 11.8 Å². The molecule has 2 aliphatic rings. The molecule has 5 amide bonds. The van der Waals surface area contributed by atoms with E-state index >= 15 is 0 Å². The first-order valence-electron chi connectivity index (χ1n) is 15.0. The van der Waals surface area contributed by atoms with Gasteiger partial charge in [-0.3, -0.25) is 14.4 Å². The number of anilines is 2. The zero-order chi connectivity index (χ0) is 31.9. The Kier molecular flexibility index (Phi) is 10.3. The fraction of sp³-hybridized carbons (Fsp3) is 0.406. The normalized spacial score (nSPS) is 19.3. The molecule has 2 aromatic carbocycles. The molecular weight excluding hydrogens is 599 g/mol. The lowest BCUT2D eigenvalue weighted by Gasteiger charge is -2.16. The highest BCUT2D eigenvalue weighted by molar-refractivity contribution is 7.10. The molecule has 238 valence electrons. The molecule has 0 bridgehead atoms. The molecule has 0 saturated carbocycles. The number of carbonyl (C=O) groups excluding carboxylic acids is 4. The van der Waals surface area contributed by atoms with Crippen LogP contribution >= 0.6 is 11.3 Å². The summed E-state index contributed by atoms with van der Waals surface area (Å²) in [4.78, 5) is 56.4. The molecule has 11 nitrogen and oxygen atoms in total. The Morgan fingerprint density at radius 2 is 1.82 bits per heavy atom. The summed E-state index contributed by atoms with van der Waals surface area (Å²) in [7, 11) is 1.50. The number of halogens is 1. The number of aromatic nitrogens is 1. The van der Waals surface area contributed by atoms with E-state index in [9.17, 15) is 23.6 Å². The van der Waals surface area contributed by atoms with Crippen LogP contribution in [0.25, 0.3) is 0 Å². The Bertz CT molecular complexity index is 1550. The first-order valence-corrected chi connectivity index (χ1v) is 15.9. The number of carbonyl (C=O) groups is 4. The van der Waals surface area contributed by atoms with Crippen LogP contribution < -0.4 is 26.0 Å². The SMILES string of the molecule is COc1cc(NC(=O)CCCCC[C@H]2NC(=O)N[C@H]2C)cc(NC(=O)c2csc([C@H]3CCN(Cc4ccc(F)cc4)C3=O)n2)c1. The summed E-state index contributed by atoms with van der Waals surface area (Å²) in [5, 5.41) is 13.6. The van der Waals surface area contributed by atoms with Gasteiger partial charge in [0, 0.05) is 54.4 Å². The summed E-state index contributed by atoms with van der Waals surface area (Å²) in [5.74, 6) is -0.955. The molecule has 13 heteroatoms. The Balaban J connectivity index is 1.11. The third-order valence-electron chi connectivity index (χ3n) is 8.02. The summed E-state index contributed by atoms with van der Waals surface area (Å²) in [6, 6.07) is 11.1. The number of rotatable bonds is 13. The number of benzene rings is 2. The van der Waals surface area contributed by atoms with Crippen LogP contribution in [0.5, 0.6) is 5.75 Å². The maximum absolute atomic E-state index is 13.2. The van der Waals surface area contributed by atoms with Crippen LogP contribution in [0.3, 0.4) is 0 Å². The largest absolute Gasteiger partial charge is 0.497 e. The molecule has 0 radical (unpaired) electrons. The molecule has 4 N–H and O–H groups in total. The lowest BCUT2D eigenvalue weighted by Crippen LogP contribution is -2.30. The minimum absolute atomic E-state index is 0.0666. The van der Waals surface area contributed by atoms with Gasteiger partial charge in [0.05, 0.1) is 19.1 Å². The van der Waals surface area contributed by atoms with Crippen LogP contribution in [0.1, 0.15) is 72.4 Å². The summed E-state index contributed by atoms with van der Waals surface area (Å²) < 4.78 is 18.6. The van der Waals surface area contributed by atoms with Crippen LogP contribution in [0.2, 0.25) is 0 Å². The van der Waals surface area contributed by atoms with Crippen molar-refractivity contribution >= 4 is 46.5 Å². The third-order valence-corrected chi connectivity index (χ3v) is 8.98. The van der Waals surface area contributed by atoms with Crippen molar-refractivity contribution in [1.29, 1.82) is 0 Å². The number of amides is 5. The predicted molar refractivity (Wildman–Crippen MR) is 169 cm³/mol. The van der Waals surface area contributed by atoms with E-state index in [1.165, 1.54) is 30.6 Å². The number of ether oxygens (including phenoxy) is 1. The second-order valence-electron chi connectivity index (χ2n) is 11.4. The number of hydrogen-bond acceptors (Lipinski definition) is 7. The fourth-order valence-electron chi connectivity index (χ4n) is 5.56. The molecule has 2 aliphatic heterocycles. The van der Waals surface area contributed by atoms with E-state index in [-0.39, 0.29) is 41.4 Å². The molecule has 2 fully saturated rings. The summed E-state index contributed by atoms with van der Waals surface area (Å²) >= 11 is 1.26. The molecule has 45 heavy (non-hydrogen) atoms. The van der Waals surface area contributed by atoms with E-state index in [0.29, 0.717) is 54.5 Å². The average Bonchev–Trinajstić information content (AvgIpc) is 3.72. The highest BCUT2D eigenvalue weighted by atomic mass is 32.1. The van der Waals surface area contributed by atoms with Crippen molar-refractivity contribution < 1.29 is 28.3 Å². The molecule has 0 aliphatic carbocycles. The Morgan fingerprint density at radius 1 is 1.07 bits per heavy atom. The lowest BCUT2D eigenvalue weighted by atomic mass is 10.0. The number of nitrogens with zero attached hydrogens (tertiary/aromatic N) is 2. The molecule has 3 aromatic rings. The van der Waals surface area contributed by atoms with Crippen molar-refractivity contribution in [2.75, 3.05) is 24.3 Å². The average molecular weight is 637 g/mol. The highest BCUT2D eigenvalue weighted by Gasteiger charge is 2.35. The smallest absolute Gasteiger partial charge is 0.315 e. The monoisotopic (exact) mass is 636 g/mol. The predicted octanol–water partition coefficient (Wildman–Crippen LogP) is 5.02. The van der Waals surface area contributed by atoms with E-state index in [0.717, 1.165) is 24.8 Å². The number of methoxy groups -OCH3 is 1. The lowest BCUT2D eigenvalue weighted by molar-refractivity contribution is -0.129. The van der Waals surface area contributed by atoms with E-state index in [1.54, 1.807) is 40.6 Å². The van der Waals surface area contributed by atoms with Crippen molar-refractivity contribution in [2.45, 2.75) is 70.0 Å². The summed E-state index contributed by atoms with van der Waals surface area (Å²) in [5.41, 5.74) is 1.95. The number of hydrogen-bond donors (Lipinski definition) is 4. The summed E-state index contributed by atoms with van der Waals surface area (Å²) in [6.45, 7) is 2.92. The van der Waals surface area contributed by atoms with Gasteiger partial charge in [-0.15, -0.1) is 11.3 Å². The van der Waals surface area contributed by atoms with E-state index in [4.69, 9.17) is 4.74 Å². The standard InChI is InChI=1S/C32H37FN6O5S/c1-19-26(38-32(43)34-19)6-4-3-5-7-28(40)35-22-14-23(16-24(15-22)44-2)36-29(41)27-18-45-30(37-27)25-12-13-39(31(25)42)17-20-8-10-21(33)11-9-20/h8-11,14-16,18-19,25-26H,3-7,12-13,17H2,1-2H3,(H,35,40)(H,36,41)(H2,34,38,43)/t19-,25+,26+/m0/s1. The van der Waals surface area contributed by atoms with E-state index in [2.05, 4.69) is 26.3 Å². The van der Waals surface area contributed by atoms with Gasteiger partial charge < -0.3 is 30.9 Å². The van der Waals surface area contributed by atoms with Crippen molar-refractivity contribution in [3.8, 4) is 5.75 Å². The maximum atomic E-state index is 13.2. The van der Waals surface area contributed by atoms with Crippen LogP contribution in [-0.4, -0.2) is 59.4 Å². The zero-order valence-electron chi connectivity index (χ0n) is 25.2. The molecule has 2 saturated heterocycles. The van der Waals surface area contributed by atoms with Gasteiger partial charge in [0.1, 0.15) is 22.3 Å². The zero-order valence-corrected chi connectivity index (χ0v) is 26.0. The highest BCUT2D eigenvalue weighted by Crippen LogP contribution is 2.32. The topological polar surface area (TPSA) is 142 Å². The molecule has 1 aromatic heterocycles. The molecule has 5 rings (SSSR count). The number of urea groups is 1. The van der Waals surface area contributed by atoms with Gasteiger partial charge in [-0.05, 0) is 49.9 Å². The van der Waals surface area contributed by atoms with Crippen molar-refractivity contribution in [2.24, 2.45) is 0 Å². The fourth-order valence-corrected chi connectivity index (χ4v) is 6.48. The van der Waals surface area contributed by atoms with Gasteiger partial charge in [-0.25, -0.2) is 14.2 Å². The van der Waals surface area contributed by atoms with Crippen LogP contribution in [0, 0.1) is 5.82 Å². The Labute approximate surface area is 264 Å². The van der Waals surface area contributed by atoms with Crippen molar-refractivity contribution in [3.05, 3.63) is 69.9 Å². The summed E-state index contributed by atoms with van der Waals surface area (Å²) in [6.07, 6.45) is 4.26. The number of nitrogens with one attached hydrogen (secondary N) is 4. The molecule has 0 unspecified atom stereocenters. The third kappa shape index (κ3) is 8.35. The van der Waals surface area contributed by atoms with Crippen LogP contribution in [-0.2, 0) is 16.1 Å². The minimum Gasteiger partial charge on any atom is -0.497 e. The minimum atomic E-state index is -0.445. The van der Waals surface area contributed by atoms with Crippen LogP contribution in [0.15, 0.2) is 47.8 Å². The molecule has 3 heterocycles. The number of thiazole rings is 1. The quantitative estimate of drug-likeness (QED) is 0.194. The molecule has 0 spiro atoms. The van der Waals surface area contributed by atoms with E-state index in [1.807, 2.05) is 6.92 Å². The molecule has 3 atom stereocenters. The number of unbranched alkanes of at least 4 members (excludes halogenated alkanes) is 2. The van der Waals surface area contributed by atoms with Crippen LogP contribution in [0.4, 0.5) is 20.6 Å². The van der Waals surface area contributed by atoms with Gasteiger partial charge in [-0.1, -0.05) is 25.0 Å². The first kappa shape index (κ1) is 31.9. The maximum Gasteiger partial charge on any atom is 0.315 e. The van der Waals surface area contributed by atoms with Gasteiger partial charge in [0.2, 0.25) is 11.8 Å².